The quantitative estimate of drug-likeness (QED) is 0.567. The third kappa shape index (κ3) is 4.59. The highest BCUT2D eigenvalue weighted by Crippen LogP contribution is 2.32. The van der Waals surface area contributed by atoms with Crippen molar-refractivity contribution in [3.8, 4) is 0 Å². The molecule has 5 rings (SSSR count). The van der Waals surface area contributed by atoms with Gasteiger partial charge in [-0.25, -0.2) is 13.4 Å². The molecule has 2 aliphatic heterocycles. The Bertz CT molecular complexity index is 1330. The second-order valence-corrected chi connectivity index (χ2v) is 12.2. The molecule has 0 atom stereocenters. The molecule has 0 spiro atoms. The van der Waals surface area contributed by atoms with Gasteiger partial charge >= 0.3 is 0 Å². The lowest BCUT2D eigenvalue weighted by Gasteiger charge is -2.33. The number of halogens is 1. The molecule has 2 saturated heterocycles. The smallest absolute Gasteiger partial charge is 0.265 e. The van der Waals surface area contributed by atoms with Crippen LogP contribution >= 0.6 is 22.9 Å². The fourth-order valence-corrected chi connectivity index (χ4v) is 7.48. The van der Waals surface area contributed by atoms with Gasteiger partial charge in [-0.3, -0.25) is 4.79 Å². The van der Waals surface area contributed by atoms with E-state index in [4.69, 9.17) is 16.6 Å². The molecule has 1 aromatic heterocycles. The zero-order valence-electron chi connectivity index (χ0n) is 19.0. The lowest BCUT2D eigenvalue weighted by Crippen LogP contribution is -2.50. The molecule has 34 heavy (non-hydrogen) atoms. The van der Waals surface area contributed by atoms with Crippen molar-refractivity contribution in [2.24, 2.45) is 0 Å². The summed E-state index contributed by atoms with van der Waals surface area (Å²) in [6, 6.07) is 10.5. The summed E-state index contributed by atoms with van der Waals surface area (Å²) in [5.41, 5.74) is 0.773. The number of aryl methyl sites for hydroxylation is 1. The molecule has 3 aromatic rings. The van der Waals surface area contributed by atoms with Gasteiger partial charge in [-0.2, -0.15) is 4.31 Å². The summed E-state index contributed by atoms with van der Waals surface area (Å²) in [5.74, 6) is 0.362. The summed E-state index contributed by atoms with van der Waals surface area (Å²) in [4.78, 5) is 20.6. The monoisotopic (exact) mass is 518 g/mol. The second kappa shape index (κ2) is 9.54. The maximum Gasteiger partial charge on any atom is 0.265 e. The van der Waals surface area contributed by atoms with Gasteiger partial charge in [0.2, 0.25) is 10.0 Å². The third-order valence-corrected chi connectivity index (χ3v) is 10.1. The molecule has 0 unspecified atom stereocenters. The molecular formula is C24H27ClN4O3S2. The number of hydrogen-bond donors (Lipinski definition) is 1. The number of nitrogens with zero attached hydrogens (tertiary/aromatic N) is 3. The van der Waals surface area contributed by atoms with E-state index in [1.807, 2.05) is 19.1 Å². The van der Waals surface area contributed by atoms with E-state index in [0.29, 0.717) is 28.9 Å². The van der Waals surface area contributed by atoms with Crippen LogP contribution in [0, 0.1) is 6.92 Å². The summed E-state index contributed by atoms with van der Waals surface area (Å²) < 4.78 is 28.0. The molecule has 2 aliphatic rings. The topological polar surface area (TPSA) is 82.6 Å². The van der Waals surface area contributed by atoms with Crippen LogP contribution in [0.15, 0.2) is 41.3 Å². The van der Waals surface area contributed by atoms with Crippen molar-refractivity contribution in [1.82, 2.24) is 19.5 Å². The molecule has 0 aliphatic carbocycles. The summed E-state index contributed by atoms with van der Waals surface area (Å²) in [6.45, 7) is 5.11. The molecule has 180 valence electrons. The van der Waals surface area contributed by atoms with Crippen molar-refractivity contribution in [2.45, 2.75) is 30.6 Å². The number of rotatable bonds is 4. The van der Waals surface area contributed by atoms with Gasteiger partial charge in [0.25, 0.3) is 5.91 Å². The van der Waals surface area contributed by atoms with Gasteiger partial charge in [0, 0.05) is 37.1 Å². The fraction of sp³-hybridized carbons (Fsp3) is 0.417. The van der Waals surface area contributed by atoms with Crippen LogP contribution in [0.4, 0.5) is 0 Å². The Labute approximate surface area is 208 Å². The first-order valence-corrected chi connectivity index (χ1v) is 14.1. The van der Waals surface area contributed by atoms with Crippen LogP contribution in [-0.2, 0) is 10.0 Å². The number of thiazole rings is 1. The molecule has 2 fully saturated rings. The zero-order valence-corrected chi connectivity index (χ0v) is 21.3. The van der Waals surface area contributed by atoms with Crippen molar-refractivity contribution >= 4 is 49.6 Å². The summed E-state index contributed by atoms with van der Waals surface area (Å²) in [6.07, 6.45) is 2.08. The van der Waals surface area contributed by atoms with E-state index in [-0.39, 0.29) is 23.9 Å². The van der Waals surface area contributed by atoms with Gasteiger partial charge in [0.15, 0.2) is 0 Å². The maximum atomic E-state index is 13.3. The number of amides is 1. The van der Waals surface area contributed by atoms with Crippen LogP contribution in [0.2, 0.25) is 5.02 Å². The van der Waals surface area contributed by atoms with Gasteiger partial charge in [0.05, 0.1) is 15.6 Å². The van der Waals surface area contributed by atoms with E-state index in [9.17, 15) is 13.2 Å². The number of nitrogens with one attached hydrogen (secondary N) is 1. The Balaban J connectivity index is 1.27. The number of piperazine rings is 1. The van der Waals surface area contributed by atoms with Crippen molar-refractivity contribution in [2.75, 3.05) is 39.3 Å². The normalized spacial score (nSPS) is 18.5. The summed E-state index contributed by atoms with van der Waals surface area (Å²) in [5, 5.41) is 6.74. The Kier molecular flexibility index (Phi) is 6.65. The van der Waals surface area contributed by atoms with Gasteiger partial charge < -0.3 is 10.2 Å². The molecule has 1 N–H and O–H groups in total. The van der Waals surface area contributed by atoms with E-state index in [0.717, 1.165) is 47.4 Å². The van der Waals surface area contributed by atoms with E-state index in [1.54, 1.807) is 29.2 Å². The first-order chi connectivity index (χ1) is 16.3. The Hall–Kier alpha value is -2.04. The first-order valence-electron chi connectivity index (χ1n) is 11.5. The molecule has 0 bridgehead atoms. The molecule has 1 amide bonds. The van der Waals surface area contributed by atoms with Crippen molar-refractivity contribution in [3.05, 3.63) is 57.0 Å². The van der Waals surface area contributed by atoms with Gasteiger partial charge in [0.1, 0.15) is 4.88 Å². The number of hydrogen-bond acceptors (Lipinski definition) is 6. The number of benzene rings is 2. The molecule has 2 aromatic carbocycles. The fourth-order valence-electron chi connectivity index (χ4n) is 4.64. The number of fused-ring (bicyclic) bond motifs is 1. The standard InChI is InChI=1S/C24H27ClN4O3S2/c1-16-22(33-23(27-16)17-6-8-26-9-7-17)24(30)28-10-12-29(13-11-28)34(31,32)21-5-3-18-14-20(25)4-2-19(18)15-21/h2-5,14-15,17,26H,6-13H2,1H3. The van der Waals surface area contributed by atoms with Gasteiger partial charge in [-0.1, -0.05) is 23.7 Å². The molecule has 10 heteroatoms. The predicted molar refractivity (Wildman–Crippen MR) is 135 cm³/mol. The van der Waals surface area contributed by atoms with Crippen molar-refractivity contribution in [3.63, 3.8) is 0 Å². The minimum atomic E-state index is -3.65. The van der Waals surface area contributed by atoms with Crippen molar-refractivity contribution < 1.29 is 13.2 Å². The van der Waals surface area contributed by atoms with Crippen LogP contribution < -0.4 is 5.32 Å². The van der Waals surface area contributed by atoms with E-state index >= 15 is 0 Å². The van der Waals surface area contributed by atoms with Crippen LogP contribution in [0.5, 0.6) is 0 Å². The Morgan fingerprint density at radius 1 is 1.06 bits per heavy atom. The lowest BCUT2D eigenvalue weighted by atomic mass is 9.99. The highest BCUT2D eigenvalue weighted by Gasteiger charge is 2.32. The maximum absolute atomic E-state index is 13.3. The average molecular weight is 519 g/mol. The first kappa shape index (κ1) is 23.7. The summed E-state index contributed by atoms with van der Waals surface area (Å²) in [7, 11) is -3.65. The van der Waals surface area contributed by atoms with E-state index < -0.39 is 10.0 Å². The highest BCUT2D eigenvalue weighted by molar-refractivity contribution is 7.89. The predicted octanol–water partition coefficient (Wildman–Crippen LogP) is 3.87. The van der Waals surface area contributed by atoms with Crippen LogP contribution in [0.1, 0.15) is 39.1 Å². The van der Waals surface area contributed by atoms with E-state index in [1.165, 1.54) is 15.6 Å². The van der Waals surface area contributed by atoms with Gasteiger partial charge in [-0.05, 0) is 67.9 Å². The second-order valence-electron chi connectivity index (χ2n) is 8.84. The third-order valence-electron chi connectivity index (χ3n) is 6.63. The largest absolute Gasteiger partial charge is 0.335 e. The Morgan fingerprint density at radius 2 is 1.74 bits per heavy atom. The van der Waals surface area contributed by atoms with Crippen LogP contribution in [-0.4, -0.2) is 67.8 Å². The van der Waals surface area contributed by atoms with Crippen molar-refractivity contribution in [1.29, 1.82) is 0 Å². The zero-order chi connectivity index (χ0) is 23.9. The van der Waals surface area contributed by atoms with Crippen LogP contribution in [0.25, 0.3) is 10.8 Å². The lowest BCUT2D eigenvalue weighted by molar-refractivity contribution is 0.0702. The van der Waals surface area contributed by atoms with Gasteiger partial charge in [-0.15, -0.1) is 11.3 Å². The number of sulfonamides is 1. The highest BCUT2D eigenvalue weighted by atomic mass is 35.5. The molecule has 3 heterocycles. The minimum Gasteiger partial charge on any atom is -0.335 e. The Morgan fingerprint density at radius 3 is 2.47 bits per heavy atom. The number of carbonyl (C=O) groups excluding carboxylic acids is 1. The van der Waals surface area contributed by atoms with E-state index in [2.05, 4.69) is 5.32 Å². The molecular weight excluding hydrogens is 492 g/mol. The van der Waals surface area contributed by atoms with Crippen LogP contribution in [0.3, 0.4) is 0 Å². The number of aromatic nitrogens is 1. The minimum absolute atomic E-state index is 0.0465. The average Bonchev–Trinajstić information content (AvgIpc) is 3.25. The summed E-state index contributed by atoms with van der Waals surface area (Å²) >= 11 is 7.54. The SMILES string of the molecule is Cc1nc(C2CCNCC2)sc1C(=O)N1CCN(S(=O)(=O)c2ccc3cc(Cl)ccc3c2)CC1. The molecule has 7 nitrogen and oxygen atoms in total. The number of piperidine rings is 1. The number of carbonyl (C=O) groups is 1. The molecule has 0 radical (unpaired) electrons. The molecule has 0 saturated carbocycles.